The first-order valence-electron chi connectivity index (χ1n) is 4.02. The van der Waals surface area contributed by atoms with Crippen LogP contribution in [0.4, 0.5) is 0 Å². The van der Waals surface area contributed by atoms with Gasteiger partial charge in [0.2, 0.25) is 0 Å². The summed E-state index contributed by atoms with van der Waals surface area (Å²) in [5, 5.41) is 18.1. The van der Waals surface area contributed by atoms with Crippen LogP contribution in [0.15, 0.2) is 10.7 Å². The van der Waals surface area contributed by atoms with Crippen LogP contribution in [0.2, 0.25) is 0 Å². The lowest BCUT2D eigenvalue weighted by Crippen LogP contribution is -2.57. The predicted octanol–water partition coefficient (Wildman–Crippen LogP) is 1.23. The van der Waals surface area contributed by atoms with Crippen LogP contribution in [0.1, 0.15) is 6.42 Å². The van der Waals surface area contributed by atoms with Crippen molar-refractivity contribution in [3.8, 4) is 0 Å². The maximum Gasteiger partial charge on any atom is 0.328 e. The van der Waals surface area contributed by atoms with E-state index in [4.69, 9.17) is 10.2 Å². The van der Waals surface area contributed by atoms with Gasteiger partial charge in [-0.15, -0.1) is 0 Å². The third kappa shape index (κ3) is 2.17. The number of aliphatic carboxylic acids is 2. The van der Waals surface area contributed by atoms with Crippen molar-refractivity contribution >= 4 is 43.8 Å². The van der Waals surface area contributed by atoms with Gasteiger partial charge >= 0.3 is 11.9 Å². The molecule has 7 heteroatoms. The van der Waals surface area contributed by atoms with Crippen LogP contribution in [0.3, 0.4) is 0 Å². The molecule has 2 atom stereocenters. The molecule has 0 aliphatic carbocycles. The zero-order valence-corrected chi connectivity index (χ0v) is 10.9. The highest BCUT2D eigenvalue weighted by Crippen LogP contribution is 2.39. The number of nitrogens with zero attached hydrogens (tertiary/aromatic N) is 1. The maximum absolute atomic E-state index is 11.1. The summed E-state index contributed by atoms with van der Waals surface area (Å²) in [6.45, 7) is 0. The summed E-state index contributed by atoms with van der Waals surface area (Å²) in [7, 11) is 1.53. The number of likely N-dealkylation sites (N-methyl/N-ethyl adjacent to an activating group) is 1. The summed E-state index contributed by atoms with van der Waals surface area (Å²) in [4.78, 5) is 23.5. The zero-order valence-electron chi connectivity index (χ0n) is 7.78. The lowest BCUT2D eigenvalue weighted by molar-refractivity contribution is -0.151. The summed E-state index contributed by atoms with van der Waals surface area (Å²) < 4.78 is -0.858. The Morgan fingerprint density at radius 2 is 2.13 bits per heavy atom. The fourth-order valence-electron chi connectivity index (χ4n) is 1.57. The summed E-state index contributed by atoms with van der Waals surface area (Å²) in [5.41, 5.74) is 0. The van der Waals surface area contributed by atoms with E-state index in [1.807, 2.05) is 0 Å². The Morgan fingerprint density at radius 1 is 1.60 bits per heavy atom. The monoisotopic (exact) mass is 341 g/mol. The van der Waals surface area contributed by atoms with Crippen LogP contribution in [0, 0.1) is 0 Å². The van der Waals surface area contributed by atoms with E-state index in [1.165, 1.54) is 11.9 Å². The summed E-state index contributed by atoms with van der Waals surface area (Å²) >= 11 is 6.20. The van der Waals surface area contributed by atoms with Gasteiger partial charge in [-0.25, -0.2) is 4.79 Å². The second-order valence-electron chi connectivity index (χ2n) is 3.33. The Bertz CT molecular complexity index is 344. The van der Waals surface area contributed by atoms with E-state index in [9.17, 15) is 9.59 Å². The highest BCUT2D eigenvalue weighted by molar-refractivity contribution is 9.12. The molecule has 1 rings (SSSR count). The fourth-order valence-corrected chi connectivity index (χ4v) is 3.53. The smallest absolute Gasteiger partial charge is 0.328 e. The SMILES string of the molecule is CN1C=C(Br)CC(Br)(C(=O)O)C1C(=O)O. The van der Waals surface area contributed by atoms with E-state index in [1.54, 1.807) is 6.20 Å². The minimum absolute atomic E-state index is 0.101. The second kappa shape index (κ2) is 4.13. The topological polar surface area (TPSA) is 77.8 Å². The number of hydrogen-bond donors (Lipinski definition) is 2. The molecule has 0 aromatic rings. The van der Waals surface area contributed by atoms with Crippen molar-refractivity contribution in [3.63, 3.8) is 0 Å². The van der Waals surface area contributed by atoms with E-state index in [0.29, 0.717) is 4.48 Å². The Hall–Kier alpha value is -0.560. The van der Waals surface area contributed by atoms with Gasteiger partial charge in [0, 0.05) is 24.2 Å². The Morgan fingerprint density at radius 3 is 2.53 bits per heavy atom. The Kier molecular flexibility index (Phi) is 3.44. The molecule has 2 N–H and O–H groups in total. The van der Waals surface area contributed by atoms with Crippen molar-refractivity contribution in [2.75, 3.05) is 7.05 Å². The van der Waals surface area contributed by atoms with Crippen LogP contribution >= 0.6 is 31.9 Å². The number of hydrogen-bond acceptors (Lipinski definition) is 3. The van der Waals surface area contributed by atoms with Crippen LogP contribution in [-0.2, 0) is 9.59 Å². The van der Waals surface area contributed by atoms with E-state index in [-0.39, 0.29) is 6.42 Å². The molecule has 0 saturated heterocycles. The van der Waals surface area contributed by atoms with Gasteiger partial charge in [-0.05, 0) is 0 Å². The minimum Gasteiger partial charge on any atom is -0.480 e. The fraction of sp³-hybridized carbons (Fsp3) is 0.500. The number of allylic oxidation sites excluding steroid dienone is 1. The molecule has 15 heavy (non-hydrogen) atoms. The molecule has 1 aliphatic heterocycles. The highest BCUT2D eigenvalue weighted by Gasteiger charge is 2.52. The van der Waals surface area contributed by atoms with Gasteiger partial charge in [0.05, 0.1) is 0 Å². The van der Waals surface area contributed by atoms with Crippen LogP contribution in [0.25, 0.3) is 0 Å². The van der Waals surface area contributed by atoms with Gasteiger partial charge in [0.15, 0.2) is 10.4 Å². The molecular formula is C8H9Br2NO4. The average Bonchev–Trinajstić information content (AvgIpc) is 2.00. The number of halogens is 2. The predicted molar refractivity (Wildman–Crippen MR) is 60.1 cm³/mol. The molecule has 0 aromatic carbocycles. The van der Waals surface area contributed by atoms with Gasteiger partial charge in [-0.2, -0.15) is 0 Å². The second-order valence-corrected chi connectivity index (χ2v) is 5.76. The van der Waals surface area contributed by atoms with Gasteiger partial charge in [-0.1, -0.05) is 31.9 Å². The molecule has 0 amide bonds. The number of carboxylic acids is 2. The first kappa shape index (κ1) is 12.5. The van der Waals surface area contributed by atoms with Crippen molar-refractivity contribution in [1.82, 2.24) is 4.90 Å². The van der Waals surface area contributed by atoms with Crippen LogP contribution in [-0.4, -0.2) is 44.5 Å². The molecule has 0 aromatic heterocycles. The van der Waals surface area contributed by atoms with Gasteiger partial charge in [0.25, 0.3) is 0 Å². The zero-order chi connectivity index (χ0) is 11.8. The standard InChI is InChI=1S/C8H9Br2NO4/c1-11-3-4(9)2-8(10,7(14)15)5(11)6(12)13/h3,5H,2H2,1H3,(H,12,13)(H,14,15). The lowest BCUT2D eigenvalue weighted by atomic mass is 9.92. The van der Waals surface area contributed by atoms with Gasteiger partial charge in [0.1, 0.15) is 0 Å². The molecule has 0 bridgehead atoms. The van der Waals surface area contributed by atoms with Crippen molar-refractivity contribution in [2.45, 2.75) is 16.8 Å². The van der Waals surface area contributed by atoms with E-state index in [0.717, 1.165) is 0 Å². The molecule has 0 saturated carbocycles. The average molecular weight is 343 g/mol. The first-order chi connectivity index (χ1) is 6.79. The summed E-state index contributed by atoms with van der Waals surface area (Å²) in [6.07, 6.45) is 1.67. The van der Waals surface area contributed by atoms with Crippen molar-refractivity contribution in [1.29, 1.82) is 0 Å². The third-order valence-corrected chi connectivity index (χ3v) is 3.74. The van der Waals surface area contributed by atoms with Crippen LogP contribution in [0.5, 0.6) is 0 Å². The van der Waals surface area contributed by atoms with Crippen LogP contribution < -0.4 is 0 Å². The van der Waals surface area contributed by atoms with E-state index < -0.39 is 22.3 Å². The Labute approximate surface area is 103 Å². The van der Waals surface area contributed by atoms with E-state index >= 15 is 0 Å². The maximum atomic E-state index is 11.1. The van der Waals surface area contributed by atoms with Gasteiger partial charge < -0.3 is 15.1 Å². The molecule has 1 heterocycles. The quantitative estimate of drug-likeness (QED) is 0.738. The first-order valence-corrected chi connectivity index (χ1v) is 5.61. The number of carboxylic acid groups (broad SMARTS) is 2. The number of carbonyl (C=O) groups is 2. The summed E-state index contributed by atoms with van der Waals surface area (Å²) in [6, 6.07) is -1.13. The molecule has 5 nitrogen and oxygen atoms in total. The molecule has 1 aliphatic rings. The third-order valence-electron chi connectivity index (χ3n) is 2.20. The van der Waals surface area contributed by atoms with Crippen molar-refractivity contribution in [3.05, 3.63) is 10.7 Å². The van der Waals surface area contributed by atoms with Gasteiger partial charge in [-0.3, -0.25) is 4.79 Å². The molecule has 0 fully saturated rings. The van der Waals surface area contributed by atoms with E-state index in [2.05, 4.69) is 31.9 Å². The lowest BCUT2D eigenvalue weighted by Gasteiger charge is -2.38. The molecular weight excluding hydrogens is 334 g/mol. The van der Waals surface area contributed by atoms with Crippen molar-refractivity contribution < 1.29 is 19.8 Å². The molecule has 0 spiro atoms. The summed E-state index contributed by atoms with van der Waals surface area (Å²) in [5.74, 6) is -2.36. The number of alkyl halides is 1. The normalized spacial score (nSPS) is 31.0. The van der Waals surface area contributed by atoms with Crippen molar-refractivity contribution in [2.24, 2.45) is 0 Å². The minimum atomic E-state index is -1.50. The molecule has 84 valence electrons. The highest BCUT2D eigenvalue weighted by atomic mass is 79.9. The molecule has 2 unspecified atom stereocenters. The number of rotatable bonds is 2. The largest absolute Gasteiger partial charge is 0.480 e. The molecule has 0 radical (unpaired) electrons. The Balaban J connectivity index is 3.19.